The van der Waals surface area contributed by atoms with Crippen molar-refractivity contribution in [2.45, 2.75) is 6.42 Å². The van der Waals surface area contributed by atoms with Crippen LogP contribution in [0.5, 0.6) is 5.75 Å². The molecule has 0 spiro atoms. The minimum atomic E-state index is -0.433. The van der Waals surface area contributed by atoms with Gasteiger partial charge in [-0.15, -0.1) is 0 Å². The molecule has 1 saturated heterocycles. The molecule has 2 aliphatic rings. The lowest BCUT2D eigenvalue weighted by molar-refractivity contribution is -0.119. The average molecular weight is 269 g/mol. The second-order valence-corrected chi connectivity index (χ2v) is 4.52. The van der Waals surface area contributed by atoms with E-state index >= 15 is 0 Å². The highest BCUT2D eigenvalue weighted by Crippen LogP contribution is 2.32. The van der Waals surface area contributed by atoms with Crippen molar-refractivity contribution >= 4 is 17.5 Å². The molecule has 5 nitrogen and oxygen atoms in total. The number of rotatable bonds is 1. The standard InChI is InChI=1S/C15H11NO4/c17-10-3-1-9(2-4-10)16-14(19)12-7-5-11(18)6-8-13(12)15(16)20/h1-5,7-8,17-18H,6H2. The molecule has 0 atom stereocenters. The van der Waals surface area contributed by atoms with Crippen molar-refractivity contribution in [3.05, 3.63) is 59.4 Å². The third-order valence-corrected chi connectivity index (χ3v) is 3.22. The van der Waals surface area contributed by atoms with Crippen molar-refractivity contribution in [2.75, 3.05) is 4.90 Å². The lowest BCUT2D eigenvalue weighted by atomic mass is 10.1. The van der Waals surface area contributed by atoms with Crippen LogP contribution >= 0.6 is 0 Å². The zero-order valence-corrected chi connectivity index (χ0v) is 10.4. The van der Waals surface area contributed by atoms with E-state index in [-0.39, 0.29) is 23.5 Å². The van der Waals surface area contributed by atoms with Gasteiger partial charge in [-0.3, -0.25) is 9.59 Å². The molecule has 3 rings (SSSR count). The number of allylic oxidation sites excluding steroid dienone is 3. The van der Waals surface area contributed by atoms with Crippen LogP contribution in [0, 0.1) is 0 Å². The normalized spacial score (nSPS) is 18.2. The van der Waals surface area contributed by atoms with E-state index in [1.165, 1.54) is 36.4 Å². The molecule has 1 aliphatic heterocycles. The molecular weight excluding hydrogens is 258 g/mol. The number of aliphatic hydroxyl groups is 1. The third kappa shape index (κ3) is 1.80. The smallest absolute Gasteiger partial charge is 0.266 e. The van der Waals surface area contributed by atoms with Crippen LogP contribution in [0.3, 0.4) is 0 Å². The predicted octanol–water partition coefficient (Wildman–Crippen LogP) is 1.96. The Hall–Kier alpha value is -2.82. The Bertz CT molecular complexity index is 695. The number of phenolic OH excluding ortho intramolecular Hbond substituents is 1. The topological polar surface area (TPSA) is 77.8 Å². The first-order chi connectivity index (χ1) is 9.58. The number of hydrogen-bond acceptors (Lipinski definition) is 4. The number of imide groups is 1. The maximum Gasteiger partial charge on any atom is 0.266 e. The zero-order chi connectivity index (χ0) is 14.3. The van der Waals surface area contributed by atoms with Gasteiger partial charge < -0.3 is 10.2 Å². The molecule has 2 N–H and O–H groups in total. The Morgan fingerprint density at radius 1 is 0.900 bits per heavy atom. The van der Waals surface area contributed by atoms with Gasteiger partial charge >= 0.3 is 0 Å². The number of aromatic hydroxyl groups is 1. The van der Waals surface area contributed by atoms with Crippen LogP contribution in [0.15, 0.2) is 59.4 Å². The number of amides is 2. The summed E-state index contributed by atoms with van der Waals surface area (Å²) in [5.74, 6) is -0.683. The molecule has 100 valence electrons. The first-order valence-corrected chi connectivity index (χ1v) is 6.06. The lowest BCUT2D eigenvalue weighted by Gasteiger charge is -2.13. The molecule has 1 aliphatic carbocycles. The van der Waals surface area contributed by atoms with Crippen molar-refractivity contribution in [3.63, 3.8) is 0 Å². The predicted molar refractivity (Wildman–Crippen MR) is 72.1 cm³/mol. The fraction of sp³-hybridized carbons (Fsp3) is 0.0667. The molecule has 1 heterocycles. The Morgan fingerprint density at radius 2 is 1.55 bits per heavy atom. The second-order valence-electron chi connectivity index (χ2n) is 4.52. The number of phenols is 1. The highest BCUT2D eigenvalue weighted by Gasteiger charge is 2.39. The molecule has 0 bridgehead atoms. The van der Waals surface area contributed by atoms with Gasteiger partial charge in [-0.2, -0.15) is 0 Å². The molecule has 0 unspecified atom stereocenters. The molecule has 2 amide bonds. The highest BCUT2D eigenvalue weighted by atomic mass is 16.3. The molecule has 1 aromatic carbocycles. The van der Waals surface area contributed by atoms with E-state index in [2.05, 4.69) is 0 Å². The van der Waals surface area contributed by atoms with Crippen LogP contribution in [0.4, 0.5) is 5.69 Å². The Morgan fingerprint density at radius 3 is 2.25 bits per heavy atom. The van der Waals surface area contributed by atoms with Crippen LogP contribution in [-0.4, -0.2) is 22.0 Å². The van der Waals surface area contributed by atoms with E-state index in [1.54, 1.807) is 6.08 Å². The maximum absolute atomic E-state index is 12.3. The molecule has 0 radical (unpaired) electrons. The number of hydrogen-bond donors (Lipinski definition) is 2. The quantitative estimate of drug-likeness (QED) is 0.764. The largest absolute Gasteiger partial charge is 0.512 e. The second kappa shape index (κ2) is 4.38. The third-order valence-electron chi connectivity index (χ3n) is 3.22. The number of anilines is 1. The first-order valence-electron chi connectivity index (χ1n) is 6.06. The molecule has 0 aromatic heterocycles. The number of aliphatic hydroxyl groups excluding tert-OH is 1. The number of carbonyl (C=O) groups excluding carboxylic acids is 2. The number of carbonyl (C=O) groups is 2. The molecule has 0 saturated carbocycles. The van der Waals surface area contributed by atoms with Crippen LogP contribution < -0.4 is 4.90 Å². The summed E-state index contributed by atoms with van der Waals surface area (Å²) in [5.41, 5.74) is 0.969. The minimum Gasteiger partial charge on any atom is -0.512 e. The first kappa shape index (κ1) is 12.2. The summed E-state index contributed by atoms with van der Waals surface area (Å²) in [6.45, 7) is 0. The van der Waals surface area contributed by atoms with Crippen LogP contribution in [0.2, 0.25) is 0 Å². The van der Waals surface area contributed by atoms with E-state index in [0.717, 1.165) is 4.90 Å². The fourth-order valence-corrected chi connectivity index (χ4v) is 2.21. The van der Waals surface area contributed by atoms with Gasteiger partial charge in [-0.1, -0.05) is 6.08 Å². The van der Waals surface area contributed by atoms with E-state index in [1.807, 2.05) is 0 Å². The molecule has 1 aromatic rings. The van der Waals surface area contributed by atoms with Crippen LogP contribution in [-0.2, 0) is 9.59 Å². The van der Waals surface area contributed by atoms with Crippen molar-refractivity contribution in [1.29, 1.82) is 0 Å². The van der Waals surface area contributed by atoms with Gasteiger partial charge in [0.15, 0.2) is 0 Å². The van der Waals surface area contributed by atoms with Gasteiger partial charge in [0, 0.05) is 12.0 Å². The molecule has 5 heteroatoms. The average Bonchev–Trinajstić information content (AvgIpc) is 2.57. The minimum absolute atomic E-state index is 0.0633. The number of benzene rings is 1. The van der Waals surface area contributed by atoms with E-state index < -0.39 is 11.8 Å². The number of fused-ring (bicyclic) bond motifs is 1. The van der Waals surface area contributed by atoms with Crippen molar-refractivity contribution in [2.24, 2.45) is 0 Å². The van der Waals surface area contributed by atoms with Crippen molar-refractivity contribution < 1.29 is 19.8 Å². The summed E-state index contributed by atoms with van der Waals surface area (Å²) >= 11 is 0. The zero-order valence-electron chi connectivity index (χ0n) is 10.4. The summed E-state index contributed by atoms with van der Waals surface area (Å²) in [4.78, 5) is 25.7. The number of nitrogens with zero attached hydrogens (tertiary/aromatic N) is 1. The lowest BCUT2D eigenvalue weighted by Crippen LogP contribution is -2.29. The molecular formula is C15H11NO4. The van der Waals surface area contributed by atoms with E-state index in [0.29, 0.717) is 11.3 Å². The van der Waals surface area contributed by atoms with E-state index in [4.69, 9.17) is 0 Å². The van der Waals surface area contributed by atoms with Gasteiger partial charge in [0.05, 0.1) is 17.0 Å². The summed E-state index contributed by atoms with van der Waals surface area (Å²) in [7, 11) is 0. The van der Waals surface area contributed by atoms with Gasteiger partial charge in [0.2, 0.25) is 0 Å². The summed E-state index contributed by atoms with van der Waals surface area (Å²) in [6, 6.07) is 5.84. The van der Waals surface area contributed by atoms with Gasteiger partial charge in [-0.25, -0.2) is 4.90 Å². The fourth-order valence-electron chi connectivity index (χ4n) is 2.21. The van der Waals surface area contributed by atoms with Crippen molar-refractivity contribution in [3.8, 4) is 5.75 Å². The summed E-state index contributed by atoms with van der Waals surface area (Å²) < 4.78 is 0. The van der Waals surface area contributed by atoms with Gasteiger partial charge in [-0.05, 0) is 36.4 Å². The maximum atomic E-state index is 12.3. The Balaban J connectivity index is 2.06. The van der Waals surface area contributed by atoms with Gasteiger partial charge in [0.1, 0.15) is 5.75 Å². The summed E-state index contributed by atoms with van der Waals surface area (Å²) in [5, 5.41) is 18.7. The monoisotopic (exact) mass is 269 g/mol. The Kier molecular flexibility index (Phi) is 2.68. The molecule has 1 fully saturated rings. The Labute approximate surface area is 114 Å². The highest BCUT2D eigenvalue weighted by molar-refractivity contribution is 6.37. The molecule has 20 heavy (non-hydrogen) atoms. The van der Waals surface area contributed by atoms with E-state index in [9.17, 15) is 19.8 Å². The van der Waals surface area contributed by atoms with Crippen molar-refractivity contribution in [1.82, 2.24) is 0 Å². The van der Waals surface area contributed by atoms with Gasteiger partial charge in [0.25, 0.3) is 11.8 Å². The van der Waals surface area contributed by atoms with Crippen LogP contribution in [0.25, 0.3) is 0 Å². The SMILES string of the molecule is O=C1C2=CC=C(O)CC=C2C(=O)N1c1ccc(O)cc1. The van der Waals surface area contributed by atoms with Crippen LogP contribution in [0.1, 0.15) is 6.42 Å². The summed E-state index contributed by atoms with van der Waals surface area (Å²) in [6.07, 6.45) is 4.64.